The Kier molecular flexibility index (Phi) is 4.82. The van der Waals surface area contributed by atoms with Gasteiger partial charge in [-0.15, -0.1) is 0 Å². The van der Waals surface area contributed by atoms with Crippen molar-refractivity contribution < 1.29 is 9.66 Å². The summed E-state index contributed by atoms with van der Waals surface area (Å²) in [5.41, 5.74) is 6.48. The van der Waals surface area contributed by atoms with Crippen molar-refractivity contribution in [1.29, 1.82) is 0 Å². The number of nitrogens with zero attached hydrogens (tertiary/aromatic N) is 1. The van der Waals surface area contributed by atoms with Gasteiger partial charge in [0.05, 0.1) is 4.92 Å². The molecule has 7 heteroatoms. The van der Waals surface area contributed by atoms with Gasteiger partial charge >= 0.3 is 5.69 Å². The Bertz CT molecular complexity index is 692. The van der Waals surface area contributed by atoms with E-state index in [2.05, 4.69) is 15.9 Å². The van der Waals surface area contributed by atoms with Crippen LogP contribution in [0.4, 0.5) is 5.69 Å². The predicted octanol–water partition coefficient (Wildman–Crippen LogP) is 4.82. The number of benzene rings is 2. The van der Waals surface area contributed by atoms with Crippen molar-refractivity contribution in [3.05, 3.63) is 61.6 Å². The molecular formula is C14H12BrClN2O3. The lowest BCUT2D eigenvalue weighted by atomic mass is 10.1. The number of nitro benzene ring substituents is 1. The summed E-state index contributed by atoms with van der Waals surface area (Å²) in [6, 6.07) is 9.17. The van der Waals surface area contributed by atoms with E-state index in [0.29, 0.717) is 10.8 Å². The van der Waals surface area contributed by atoms with Crippen LogP contribution in [0.3, 0.4) is 0 Å². The topological polar surface area (TPSA) is 78.4 Å². The zero-order valence-electron chi connectivity index (χ0n) is 11.0. The first-order chi connectivity index (χ1) is 9.88. The minimum atomic E-state index is -0.518. The van der Waals surface area contributed by atoms with Crippen LogP contribution in [0.5, 0.6) is 11.5 Å². The molecule has 21 heavy (non-hydrogen) atoms. The summed E-state index contributed by atoms with van der Waals surface area (Å²) in [6.07, 6.45) is 0. The van der Waals surface area contributed by atoms with Crippen LogP contribution in [-0.4, -0.2) is 4.92 Å². The maximum Gasteiger partial charge on any atom is 0.311 e. The predicted molar refractivity (Wildman–Crippen MR) is 84.9 cm³/mol. The molecule has 1 atom stereocenters. The van der Waals surface area contributed by atoms with Gasteiger partial charge in [0, 0.05) is 33.2 Å². The molecule has 2 aromatic rings. The van der Waals surface area contributed by atoms with Gasteiger partial charge in [0.2, 0.25) is 5.75 Å². The van der Waals surface area contributed by atoms with E-state index in [1.165, 1.54) is 18.2 Å². The molecule has 0 fully saturated rings. The van der Waals surface area contributed by atoms with Crippen molar-refractivity contribution >= 4 is 33.2 Å². The second kappa shape index (κ2) is 6.43. The van der Waals surface area contributed by atoms with Crippen LogP contribution in [0.1, 0.15) is 18.5 Å². The van der Waals surface area contributed by atoms with Crippen molar-refractivity contribution in [1.82, 2.24) is 0 Å². The van der Waals surface area contributed by atoms with Crippen LogP contribution in [0, 0.1) is 10.1 Å². The normalized spacial score (nSPS) is 12.0. The minimum Gasteiger partial charge on any atom is -0.450 e. The molecule has 5 nitrogen and oxygen atoms in total. The number of hydrogen-bond acceptors (Lipinski definition) is 4. The molecule has 0 saturated carbocycles. The summed E-state index contributed by atoms with van der Waals surface area (Å²) in [4.78, 5) is 10.5. The summed E-state index contributed by atoms with van der Waals surface area (Å²) in [7, 11) is 0. The van der Waals surface area contributed by atoms with E-state index in [-0.39, 0.29) is 17.5 Å². The van der Waals surface area contributed by atoms with Gasteiger partial charge in [-0.1, -0.05) is 27.5 Å². The molecule has 0 aliphatic carbocycles. The number of halogens is 2. The highest BCUT2D eigenvalue weighted by molar-refractivity contribution is 9.10. The van der Waals surface area contributed by atoms with Crippen molar-refractivity contribution in [3.63, 3.8) is 0 Å². The van der Waals surface area contributed by atoms with E-state index < -0.39 is 4.92 Å². The largest absolute Gasteiger partial charge is 0.450 e. The standard InChI is InChI=1S/C14H12BrClN2O3/c1-8(17)11-6-9(15)2-5-13(11)21-14-7-10(16)3-4-12(14)18(19)20/h2-8H,17H2,1H3. The SMILES string of the molecule is CC(N)c1cc(Br)ccc1Oc1cc(Cl)ccc1[N+](=O)[O-]. The first-order valence-electron chi connectivity index (χ1n) is 6.05. The highest BCUT2D eigenvalue weighted by Gasteiger charge is 2.18. The Morgan fingerprint density at radius 3 is 2.62 bits per heavy atom. The molecule has 2 rings (SSSR count). The Hall–Kier alpha value is -1.63. The highest BCUT2D eigenvalue weighted by Crippen LogP contribution is 2.37. The van der Waals surface area contributed by atoms with Crippen LogP contribution in [0.2, 0.25) is 5.02 Å². The molecule has 0 aliphatic heterocycles. The fourth-order valence-corrected chi connectivity index (χ4v) is 2.35. The molecule has 0 aromatic heterocycles. The van der Waals surface area contributed by atoms with E-state index in [9.17, 15) is 10.1 Å². The lowest BCUT2D eigenvalue weighted by Gasteiger charge is -2.14. The van der Waals surface area contributed by atoms with Gasteiger partial charge in [0.25, 0.3) is 0 Å². The smallest absolute Gasteiger partial charge is 0.311 e. The molecule has 0 heterocycles. The summed E-state index contributed by atoms with van der Waals surface area (Å²) in [5.74, 6) is 0.537. The minimum absolute atomic E-state index is 0.0803. The Balaban J connectivity index is 2.47. The quantitative estimate of drug-likeness (QED) is 0.617. The van der Waals surface area contributed by atoms with Crippen LogP contribution >= 0.6 is 27.5 Å². The summed E-state index contributed by atoms with van der Waals surface area (Å²) < 4.78 is 6.52. The number of nitro groups is 1. The zero-order chi connectivity index (χ0) is 15.6. The molecule has 110 valence electrons. The maximum atomic E-state index is 11.0. The second-order valence-corrected chi connectivity index (χ2v) is 5.79. The van der Waals surface area contributed by atoms with E-state index in [4.69, 9.17) is 22.1 Å². The maximum absolute atomic E-state index is 11.0. The van der Waals surface area contributed by atoms with E-state index in [1.807, 2.05) is 6.07 Å². The van der Waals surface area contributed by atoms with Crippen LogP contribution in [0.15, 0.2) is 40.9 Å². The van der Waals surface area contributed by atoms with Gasteiger partial charge in [-0.25, -0.2) is 0 Å². The molecule has 0 spiro atoms. The molecule has 0 radical (unpaired) electrons. The summed E-state index contributed by atoms with van der Waals surface area (Å²) >= 11 is 9.24. The van der Waals surface area contributed by atoms with Crippen molar-refractivity contribution in [2.24, 2.45) is 5.73 Å². The molecule has 0 amide bonds. The summed E-state index contributed by atoms with van der Waals surface area (Å²) in [5, 5.41) is 11.4. The van der Waals surface area contributed by atoms with Crippen LogP contribution in [0.25, 0.3) is 0 Å². The summed E-state index contributed by atoms with van der Waals surface area (Å²) in [6.45, 7) is 1.81. The Morgan fingerprint density at radius 1 is 1.29 bits per heavy atom. The number of hydrogen-bond donors (Lipinski definition) is 1. The van der Waals surface area contributed by atoms with E-state index in [1.54, 1.807) is 19.1 Å². The lowest BCUT2D eigenvalue weighted by Crippen LogP contribution is -2.07. The Morgan fingerprint density at radius 2 is 2.00 bits per heavy atom. The number of ether oxygens (including phenoxy) is 1. The van der Waals surface area contributed by atoms with Gasteiger partial charge < -0.3 is 10.5 Å². The van der Waals surface area contributed by atoms with Crippen molar-refractivity contribution in [2.75, 3.05) is 0 Å². The third-order valence-electron chi connectivity index (χ3n) is 2.80. The average Bonchev–Trinajstić information content (AvgIpc) is 2.40. The highest BCUT2D eigenvalue weighted by atomic mass is 79.9. The van der Waals surface area contributed by atoms with Gasteiger partial charge in [-0.2, -0.15) is 0 Å². The van der Waals surface area contributed by atoms with Gasteiger partial charge in [0.1, 0.15) is 5.75 Å². The fraction of sp³-hybridized carbons (Fsp3) is 0.143. The van der Waals surface area contributed by atoms with Crippen molar-refractivity contribution in [2.45, 2.75) is 13.0 Å². The first kappa shape index (κ1) is 15.8. The Labute approximate surface area is 134 Å². The van der Waals surface area contributed by atoms with Crippen molar-refractivity contribution in [3.8, 4) is 11.5 Å². The molecule has 1 unspecified atom stereocenters. The lowest BCUT2D eigenvalue weighted by molar-refractivity contribution is -0.385. The van der Waals surface area contributed by atoms with Crippen LogP contribution in [-0.2, 0) is 0 Å². The van der Waals surface area contributed by atoms with Gasteiger partial charge in [-0.3, -0.25) is 10.1 Å². The van der Waals surface area contributed by atoms with Gasteiger partial charge in [-0.05, 0) is 31.2 Å². The number of nitrogens with two attached hydrogens (primary N) is 1. The third-order valence-corrected chi connectivity index (χ3v) is 3.53. The first-order valence-corrected chi connectivity index (χ1v) is 7.22. The average molecular weight is 372 g/mol. The van der Waals surface area contributed by atoms with Crippen LogP contribution < -0.4 is 10.5 Å². The number of rotatable bonds is 4. The zero-order valence-corrected chi connectivity index (χ0v) is 13.4. The van der Waals surface area contributed by atoms with E-state index >= 15 is 0 Å². The molecule has 0 bridgehead atoms. The molecular weight excluding hydrogens is 360 g/mol. The second-order valence-electron chi connectivity index (χ2n) is 4.44. The molecule has 0 aliphatic rings. The monoisotopic (exact) mass is 370 g/mol. The molecule has 2 N–H and O–H groups in total. The van der Waals surface area contributed by atoms with E-state index in [0.717, 1.165) is 10.0 Å². The molecule has 2 aromatic carbocycles. The third kappa shape index (κ3) is 3.72. The van der Waals surface area contributed by atoms with Gasteiger partial charge in [0.15, 0.2) is 0 Å². The fourth-order valence-electron chi connectivity index (χ4n) is 1.81. The molecule has 0 saturated heterocycles.